The summed E-state index contributed by atoms with van der Waals surface area (Å²) in [5.41, 5.74) is 6.65. The molecule has 1 aromatic carbocycles. The van der Waals surface area contributed by atoms with Crippen molar-refractivity contribution in [2.24, 2.45) is 0 Å². The van der Waals surface area contributed by atoms with Gasteiger partial charge in [0.25, 0.3) is 0 Å². The first-order chi connectivity index (χ1) is 10.2. The number of methoxy groups -OCH3 is 1. The molecule has 0 unspecified atom stereocenters. The molecule has 1 aliphatic heterocycles. The second kappa shape index (κ2) is 7.88. The van der Waals surface area contributed by atoms with Gasteiger partial charge in [-0.25, -0.2) is 4.79 Å². The van der Waals surface area contributed by atoms with E-state index in [1.54, 1.807) is 18.2 Å². The average molecular weight is 292 g/mol. The van der Waals surface area contributed by atoms with Gasteiger partial charge in [-0.05, 0) is 44.5 Å². The van der Waals surface area contributed by atoms with Gasteiger partial charge in [0.2, 0.25) is 0 Å². The number of nitrogens with zero attached hydrogens (tertiary/aromatic N) is 1. The van der Waals surface area contributed by atoms with Crippen molar-refractivity contribution in [3.05, 3.63) is 23.8 Å². The minimum atomic E-state index is -0.356. The van der Waals surface area contributed by atoms with Crippen LogP contribution in [0.15, 0.2) is 18.2 Å². The van der Waals surface area contributed by atoms with Crippen molar-refractivity contribution in [1.82, 2.24) is 4.90 Å². The van der Waals surface area contributed by atoms with Gasteiger partial charge in [-0.2, -0.15) is 0 Å². The second-order valence-corrected chi connectivity index (χ2v) is 5.35. The predicted molar refractivity (Wildman–Crippen MR) is 82.6 cm³/mol. The Kier molecular flexibility index (Phi) is 5.87. The molecule has 1 fully saturated rings. The minimum absolute atomic E-state index is 0.356. The number of piperidine rings is 1. The Labute approximate surface area is 126 Å². The van der Waals surface area contributed by atoms with Crippen LogP contribution < -0.4 is 10.5 Å². The lowest BCUT2D eigenvalue weighted by molar-refractivity contribution is 0.0482. The Morgan fingerprint density at radius 2 is 2.05 bits per heavy atom. The Morgan fingerprint density at radius 1 is 1.29 bits per heavy atom. The van der Waals surface area contributed by atoms with E-state index in [-0.39, 0.29) is 5.97 Å². The Bertz CT molecular complexity index is 471. The third-order valence-electron chi connectivity index (χ3n) is 3.75. The highest BCUT2D eigenvalue weighted by atomic mass is 16.5. The van der Waals surface area contributed by atoms with Crippen LogP contribution in [0.5, 0.6) is 5.75 Å². The maximum absolute atomic E-state index is 12.0. The summed E-state index contributed by atoms with van der Waals surface area (Å²) in [4.78, 5) is 14.5. The first-order valence-electron chi connectivity index (χ1n) is 7.53. The molecule has 0 bridgehead atoms. The zero-order valence-corrected chi connectivity index (χ0v) is 12.6. The summed E-state index contributed by atoms with van der Waals surface area (Å²) in [7, 11) is 1.52. The number of carbonyl (C=O) groups is 1. The summed E-state index contributed by atoms with van der Waals surface area (Å²) in [6.07, 6.45) is 4.76. The molecule has 21 heavy (non-hydrogen) atoms. The quantitative estimate of drug-likeness (QED) is 0.495. The molecule has 5 heteroatoms. The third kappa shape index (κ3) is 4.63. The van der Waals surface area contributed by atoms with E-state index in [1.807, 2.05) is 0 Å². The van der Waals surface area contributed by atoms with Crippen molar-refractivity contribution in [3.63, 3.8) is 0 Å². The van der Waals surface area contributed by atoms with E-state index >= 15 is 0 Å². The first-order valence-corrected chi connectivity index (χ1v) is 7.53. The van der Waals surface area contributed by atoms with Gasteiger partial charge in [0.15, 0.2) is 0 Å². The Hall–Kier alpha value is -1.75. The summed E-state index contributed by atoms with van der Waals surface area (Å²) in [5.74, 6) is 0.0986. The molecule has 1 heterocycles. The maximum Gasteiger partial charge on any atom is 0.341 e. The van der Waals surface area contributed by atoms with Gasteiger partial charge in [0.05, 0.1) is 13.7 Å². The fraction of sp³-hybridized carbons (Fsp3) is 0.562. The minimum Gasteiger partial charge on any atom is -0.496 e. The number of nitrogen functional groups attached to an aromatic ring is 1. The SMILES string of the molecule is COc1cc(N)ccc1C(=O)OCCCN1CCCCC1. The summed E-state index contributed by atoms with van der Waals surface area (Å²) in [6.45, 7) is 3.76. The summed E-state index contributed by atoms with van der Waals surface area (Å²) in [6, 6.07) is 4.94. The van der Waals surface area contributed by atoms with Crippen molar-refractivity contribution >= 4 is 11.7 Å². The van der Waals surface area contributed by atoms with E-state index in [0.29, 0.717) is 23.6 Å². The van der Waals surface area contributed by atoms with E-state index in [1.165, 1.54) is 39.5 Å². The molecule has 5 nitrogen and oxygen atoms in total. The summed E-state index contributed by atoms with van der Waals surface area (Å²) < 4.78 is 10.5. The molecule has 1 saturated heterocycles. The molecule has 0 aliphatic carbocycles. The molecule has 0 amide bonds. The normalized spacial score (nSPS) is 15.7. The molecule has 0 atom stereocenters. The van der Waals surface area contributed by atoms with Crippen LogP contribution in [0.2, 0.25) is 0 Å². The number of carbonyl (C=O) groups excluding carboxylic acids is 1. The van der Waals surface area contributed by atoms with Crippen molar-refractivity contribution in [1.29, 1.82) is 0 Å². The Balaban J connectivity index is 1.76. The van der Waals surface area contributed by atoms with Crippen LogP contribution in [0.25, 0.3) is 0 Å². The molecule has 1 aliphatic rings. The zero-order chi connectivity index (χ0) is 15.1. The van der Waals surface area contributed by atoms with Gasteiger partial charge in [0, 0.05) is 18.3 Å². The molecule has 0 saturated carbocycles. The maximum atomic E-state index is 12.0. The predicted octanol–water partition coefficient (Wildman–Crippen LogP) is 2.31. The highest BCUT2D eigenvalue weighted by Gasteiger charge is 2.14. The molecule has 2 N–H and O–H groups in total. The number of ether oxygens (including phenoxy) is 2. The number of rotatable bonds is 6. The van der Waals surface area contributed by atoms with E-state index in [0.717, 1.165) is 13.0 Å². The van der Waals surface area contributed by atoms with Crippen molar-refractivity contribution in [2.75, 3.05) is 39.1 Å². The fourth-order valence-corrected chi connectivity index (χ4v) is 2.59. The first kappa shape index (κ1) is 15.6. The zero-order valence-electron chi connectivity index (χ0n) is 12.6. The van der Waals surface area contributed by atoms with Crippen LogP contribution in [0, 0.1) is 0 Å². The monoisotopic (exact) mass is 292 g/mol. The lowest BCUT2D eigenvalue weighted by atomic mass is 10.1. The van der Waals surface area contributed by atoms with E-state index in [9.17, 15) is 4.79 Å². The number of nitrogens with two attached hydrogens (primary N) is 1. The number of anilines is 1. The fourth-order valence-electron chi connectivity index (χ4n) is 2.59. The molecular weight excluding hydrogens is 268 g/mol. The largest absolute Gasteiger partial charge is 0.496 e. The topological polar surface area (TPSA) is 64.8 Å². The van der Waals surface area contributed by atoms with Crippen LogP contribution in [0.1, 0.15) is 36.0 Å². The highest BCUT2D eigenvalue weighted by Crippen LogP contribution is 2.22. The number of hydrogen-bond acceptors (Lipinski definition) is 5. The molecule has 2 rings (SSSR count). The number of benzene rings is 1. The van der Waals surface area contributed by atoms with Crippen LogP contribution >= 0.6 is 0 Å². The van der Waals surface area contributed by atoms with Crippen molar-refractivity contribution in [2.45, 2.75) is 25.7 Å². The van der Waals surface area contributed by atoms with Gasteiger partial charge < -0.3 is 20.1 Å². The molecule has 0 aromatic heterocycles. The number of likely N-dealkylation sites (tertiary alicyclic amines) is 1. The highest BCUT2D eigenvalue weighted by molar-refractivity contribution is 5.93. The van der Waals surface area contributed by atoms with Crippen LogP contribution in [0.3, 0.4) is 0 Å². The third-order valence-corrected chi connectivity index (χ3v) is 3.75. The Morgan fingerprint density at radius 3 is 2.76 bits per heavy atom. The summed E-state index contributed by atoms with van der Waals surface area (Å²) in [5, 5.41) is 0. The second-order valence-electron chi connectivity index (χ2n) is 5.35. The van der Waals surface area contributed by atoms with E-state index in [4.69, 9.17) is 15.2 Å². The summed E-state index contributed by atoms with van der Waals surface area (Å²) >= 11 is 0. The average Bonchev–Trinajstić information content (AvgIpc) is 2.52. The van der Waals surface area contributed by atoms with Gasteiger partial charge in [-0.15, -0.1) is 0 Å². The van der Waals surface area contributed by atoms with Gasteiger partial charge in [-0.1, -0.05) is 6.42 Å². The van der Waals surface area contributed by atoms with Gasteiger partial charge in [0.1, 0.15) is 11.3 Å². The lowest BCUT2D eigenvalue weighted by Crippen LogP contribution is -2.31. The number of hydrogen-bond donors (Lipinski definition) is 1. The van der Waals surface area contributed by atoms with Crippen molar-refractivity contribution < 1.29 is 14.3 Å². The smallest absolute Gasteiger partial charge is 0.341 e. The van der Waals surface area contributed by atoms with Crippen LogP contribution in [-0.2, 0) is 4.74 Å². The molecule has 0 radical (unpaired) electrons. The molecule has 116 valence electrons. The van der Waals surface area contributed by atoms with E-state index in [2.05, 4.69) is 4.90 Å². The van der Waals surface area contributed by atoms with E-state index < -0.39 is 0 Å². The van der Waals surface area contributed by atoms with Crippen LogP contribution in [0.4, 0.5) is 5.69 Å². The molecule has 0 spiro atoms. The standard InChI is InChI=1S/C16H24N2O3/c1-20-15-12-13(17)6-7-14(15)16(19)21-11-5-10-18-8-3-2-4-9-18/h6-7,12H,2-5,8-11,17H2,1H3. The molecular formula is C16H24N2O3. The van der Waals surface area contributed by atoms with Gasteiger partial charge in [-0.3, -0.25) is 0 Å². The number of esters is 1. The lowest BCUT2D eigenvalue weighted by Gasteiger charge is -2.26. The molecule has 1 aromatic rings. The van der Waals surface area contributed by atoms with Crippen molar-refractivity contribution in [3.8, 4) is 5.75 Å². The van der Waals surface area contributed by atoms with Gasteiger partial charge >= 0.3 is 5.97 Å². The van der Waals surface area contributed by atoms with Crippen LogP contribution in [-0.4, -0.2) is 44.2 Å².